The maximum Gasteiger partial charge on any atom is 0.453 e. The molecule has 9 rings (SSSR count). The van der Waals surface area contributed by atoms with Crippen LogP contribution in [0, 0.1) is 0 Å². The molecule has 77 heavy (non-hydrogen) atoms. The van der Waals surface area contributed by atoms with Crippen LogP contribution in [0.1, 0.15) is 238 Å². The number of hydrogen-bond donors (Lipinski definition) is 0. The summed E-state index contributed by atoms with van der Waals surface area (Å²) in [6.45, 7) is 55.0. The lowest BCUT2D eigenvalue weighted by atomic mass is 9.68. The third-order valence-electron chi connectivity index (χ3n) is 15.8. The van der Waals surface area contributed by atoms with Crippen LogP contribution in [0.2, 0.25) is 0 Å². The van der Waals surface area contributed by atoms with Crippen LogP contribution in [-0.2, 0) is 59.4 Å². The zero-order valence-corrected chi connectivity index (χ0v) is 52.8. The third-order valence-corrected chi connectivity index (χ3v) is 18.2. The summed E-state index contributed by atoms with van der Waals surface area (Å²) in [7, 11) is -3.99. The van der Waals surface area contributed by atoms with Gasteiger partial charge in [0.05, 0.1) is 17.1 Å². The van der Waals surface area contributed by atoms with Crippen LogP contribution in [-0.4, -0.2) is 19.2 Å². The van der Waals surface area contributed by atoms with Crippen molar-refractivity contribution < 1.29 is 36.2 Å². The predicted octanol–water partition coefficient (Wildman–Crippen LogP) is 19.6. The number of rotatable bonds is 4. The van der Waals surface area contributed by atoms with Crippen molar-refractivity contribution in [2.24, 2.45) is 0 Å². The molecular weight excluding hydrogens is 995 g/mol. The SMILES string of the molecule is CC(C)(C)c1cc(C(C)(C)C)c2op(Oc3c(C(C)(C)C)cc(C(C)(C)C)c4c3C3(COc5c(C(C)(C)C)cc(C(C)(C)C)c(CP6OC(=O)c7ccccc7O6)c53)CO4)oc3c(C(C)(C)C)cc(C(C)(C)C)cc3c2c1. The second-order valence-electron chi connectivity index (χ2n) is 30.6. The Bertz CT molecular complexity index is 3310. The van der Waals surface area contributed by atoms with Crippen molar-refractivity contribution in [3.63, 3.8) is 0 Å². The molecule has 414 valence electrons. The van der Waals surface area contributed by atoms with E-state index in [1.54, 1.807) is 6.07 Å². The van der Waals surface area contributed by atoms with Crippen molar-refractivity contribution in [1.82, 2.24) is 0 Å². The van der Waals surface area contributed by atoms with E-state index in [0.29, 0.717) is 36.4 Å². The number of fused-ring (bicyclic) bond motifs is 8. The maximum atomic E-state index is 13.8. The molecule has 10 heteroatoms. The lowest BCUT2D eigenvalue weighted by molar-refractivity contribution is 0.0720. The topological polar surface area (TPSA) is 89.5 Å². The molecule has 4 heterocycles. The molecule has 0 bridgehead atoms. The van der Waals surface area contributed by atoms with Crippen molar-refractivity contribution in [3.05, 3.63) is 127 Å². The fourth-order valence-electron chi connectivity index (χ4n) is 11.3. The molecule has 8 nitrogen and oxygen atoms in total. The van der Waals surface area contributed by atoms with Gasteiger partial charge in [0, 0.05) is 44.2 Å². The van der Waals surface area contributed by atoms with E-state index >= 15 is 0 Å². The van der Waals surface area contributed by atoms with Gasteiger partial charge in [-0.1, -0.05) is 197 Å². The summed E-state index contributed by atoms with van der Waals surface area (Å²) >= 11 is 0. The molecule has 3 aliphatic heterocycles. The van der Waals surface area contributed by atoms with Gasteiger partial charge in [0.25, 0.3) is 8.38 Å². The first-order chi connectivity index (χ1) is 35.1. The molecule has 1 spiro atoms. The molecule has 1 aromatic heterocycles. The molecule has 6 aromatic rings. The van der Waals surface area contributed by atoms with Crippen LogP contribution in [0.15, 0.2) is 69.1 Å². The second kappa shape index (κ2) is 18.3. The zero-order chi connectivity index (χ0) is 56.9. The van der Waals surface area contributed by atoms with Crippen LogP contribution < -0.4 is 18.5 Å². The van der Waals surface area contributed by atoms with Gasteiger partial charge in [0.2, 0.25) is 0 Å². The van der Waals surface area contributed by atoms with Gasteiger partial charge >= 0.3 is 14.2 Å². The molecule has 0 saturated heterocycles. The highest BCUT2D eigenvalue weighted by atomic mass is 31.2. The number of benzene rings is 5. The monoisotopic (exact) mass is 1080 g/mol. The second-order valence-corrected chi connectivity index (χ2v) is 32.9. The largest absolute Gasteiger partial charge is 0.492 e. The van der Waals surface area contributed by atoms with E-state index in [-0.39, 0.29) is 43.9 Å². The molecule has 0 saturated carbocycles. The van der Waals surface area contributed by atoms with Crippen molar-refractivity contribution >= 4 is 44.5 Å². The fourth-order valence-corrected chi connectivity index (χ4v) is 13.9. The number of ether oxygens (including phenoxy) is 2. The predicted molar refractivity (Wildman–Crippen MR) is 320 cm³/mol. The van der Waals surface area contributed by atoms with E-state index in [4.69, 9.17) is 31.4 Å². The first-order valence-electron chi connectivity index (χ1n) is 27.8. The molecule has 5 aromatic carbocycles. The summed E-state index contributed by atoms with van der Waals surface area (Å²) in [6.07, 6.45) is 0.348. The van der Waals surface area contributed by atoms with E-state index in [1.807, 2.05) is 18.2 Å². The van der Waals surface area contributed by atoms with Gasteiger partial charge in [-0.25, -0.2) is 4.79 Å². The van der Waals surface area contributed by atoms with Crippen molar-refractivity contribution in [3.8, 4) is 23.0 Å². The number of carbonyl (C=O) groups excluding carboxylic acids is 1. The lowest BCUT2D eigenvalue weighted by Crippen LogP contribution is -2.34. The zero-order valence-electron chi connectivity index (χ0n) is 51.1. The molecular formula is C67H88O8P2. The molecule has 0 radical (unpaired) electrons. The molecule has 2 atom stereocenters. The number of hydrogen-bond acceptors (Lipinski definition) is 8. The molecule has 0 aliphatic carbocycles. The van der Waals surface area contributed by atoms with E-state index in [1.165, 1.54) is 11.1 Å². The Balaban J connectivity index is 1.43. The summed E-state index contributed by atoms with van der Waals surface area (Å²) in [5.74, 6) is 2.48. The van der Waals surface area contributed by atoms with Crippen molar-refractivity contribution in [1.29, 1.82) is 0 Å². The van der Waals surface area contributed by atoms with Gasteiger partial charge in [-0.2, -0.15) is 0 Å². The van der Waals surface area contributed by atoms with Gasteiger partial charge in [0.1, 0.15) is 52.9 Å². The van der Waals surface area contributed by atoms with Gasteiger partial charge in [-0.05, 0) is 95.9 Å². The van der Waals surface area contributed by atoms with Gasteiger partial charge in [-0.3, -0.25) is 0 Å². The fraction of sp³-hybridized carbons (Fsp3) is 0.537. The van der Waals surface area contributed by atoms with Crippen molar-refractivity contribution in [2.75, 3.05) is 13.2 Å². The number of para-hydroxylation sites is 1. The van der Waals surface area contributed by atoms with Gasteiger partial charge < -0.3 is 31.4 Å². The molecule has 0 amide bonds. The Hall–Kier alpha value is -4.90. The van der Waals surface area contributed by atoms with Crippen molar-refractivity contribution in [2.45, 2.75) is 221 Å². The number of carbonyl (C=O) groups is 1. The summed E-state index contributed by atoms with van der Waals surface area (Å²) in [5, 5.41) is 2.02. The molecule has 0 N–H and O–H groups in total. The Labute approximate surface area is 463 Å². The lowest BCUT2D eigenvalue weighted by Gasteiger charge is -2.35. The smallest absolute Gasteiger partial charge is 0.453 e. The van der Waals surface area contributed by atoms with Crippen LogP contribution >= 0.6 is 16.6 Å². The Morgan fingerprint density at radius 3 is 1.35 bits per heavy atom. The summed E-state index contributed by atoms with van der Waals surface area (Å²) in [6, 6.07) is 21.4. The Kier molecular flexibility index (Phi) is 13.5. The normalized spacial score (nSPS) is 18.2. The highest BCUT2D eigenvalue weighted by molar-refractivity contribution is 7.47. The Morgan fingerprint density at radius 1 is 0.481 bits per heavy atom. The van der Waals surface area contributed by atoms with Crippen LogP contribution in [0.4, 0.5) is 0 Å². The summed E-state index contributed by atoms with van der Waals surface area (Å²) in [4.78, 5) is 13.8. The first-order valence-corrected chi connectivity index (χ1v) is 30.2. The first kappa shape index (κ1) is 56.8. The summed E-state index contributed by atoms with van der Waals surface area (Å²) < 4.78 is 50.6. The van der Waals surface area contributed by atoms with E-state index < -0.39 is 27.4 Å². The minimum atomic E-state index is -2.23. The van der Waals surface area contributed by atoms with Crippen LogP contribution in [0.5, 0.6) is 23.0 Å². The minimum Gasteiger partial charge on any atom is -0.492 e. The highest BCUT2D eigenvalue weighted by Gasteiger charge is 2.57. The molecule has 3 aliphatic rings. The maximum absolute atomic E-state index is 13.8. The average molecular weight is 1080 g/mol. The van der Waals surface area contributed by atoms with E-state index in [2.05, 4.69) is 203 Å². The Morgan fingerprint density at radius 2 is 0.909 bits per heavy atom. The molecule has 2 unspecified atom stereocenters. The van der Waals surface area contributed by atoms with Crippen LogP contribution in [0.3, 0.4) is 0 Å². The molecule has 0 fully saturated rings. The quantitative estimate of drug-likeness (QED) is 0.161. The summed E-state index contributed by atoms with van der Waals surface area (Å²) in [5.41, 5.74) is 10.8. The average Bonchev–Trinajstić information content (AvgIpc) is 3.98. The highest BCUT2D eigenvalue weighted by Crippen LogP contribution is 2.64. The van der Waals surface area contributed by atoms with Gasteiger partial charge in [0.15, 0.2) is 0 Å². The minimum absolute atomic E-state index is 0.155. The van der Waals surface area contributed by atoms with E-state index in [9.17, 15) is 4.79 Å². The standard InChI is InChI=1S/C67H88O8P2/c1-59(2,3)38-29-41-42-30-39(60(4,5)6)32-46(63(13,14)15)54(42)73-77(72-53(41)45(31-38)62(10,11)12)74-57-49(66(22,23)24)34-48(65(19,20)21)56-52(57)67(37-70-56)36-69-55-47(64(16,17)18)33-44(61(7,8)9)43(51(55)67)35-76-71-50-28-26-25-27-40(50)58(68)75-76/h25-34H,35-37H2,1-24H3. The third kappa shape index (κ3) is 10.2. The van der Waals surface area contributed by atoms with E-state index in [0.717, 1.165) is 83.5 Å². The van der Waals surface area contributed by atoms with Gasteiger partial charge in [-0.15, -0.1) is 0 Å². The van der Waals surface area contributed by atoms with Crippen LogP contribution in [0.25, 0.3) is 21.9 Å².